The highest BCUT2D eigenvalue weighted by molar-refractivity contribution is 6.13. The van der Waals surface area contributed by atoms with E-state index in [2.05, 4.69) is 0 Å². The molecule has 0 aliphatic heterocycles. The van der Waals surface area contributed by atoms with Gasteiger partial charge in [0.15, 0.2) is 11.5 Å². The number of carbonyl (C=O) groups is 1. The Bertz CT molecular complexity index is 768. The number of methoxy groups -OCH3 is 4. The summed E-state index contributed by atoms with van der Waals surface area (Å²) < 4.78 is 20.4. The summed E-state index contributed by atoms with van der Waals surface area (Å²) in [6, 6.07) is 5.56. The number of hydrogen-bond acceptors (Lipinski definition) is 7. The van der Waals surface area contributed by atoms with Crippen LogP contribution >= 0.6 is 0 Å². The summed E-state index contributed by atoms with van der Waals surface area (Å²) in [4.78, 5) is 12.7. The predicted octanol–water partition coefficient (Wildman–Crippen LogP) is 2.36. The molecule has 2 aromatic carbocycles. The van der Waals surface area contributed by atoms with Gasteiger partial charge >= 0.3 is 0 Å². The van der Waals surface area contributed by atoms with Crippen LogP contribution in [0, 0.1) is 0 Å². The lowest BCUT2D eigenvalue weighted by molar-refractivity contribution is 0.103. The van der Waals surface area contributed by atoms with Crippen molar-refractivity contribution in [3.63, 3.8) is 0 Å². The highest BCUT2D eigenvalue weighted by Crippen LogP contribution is 2.46. The van der Waals surface area contributed by atoms with E-state index in [0.29, 0.717) is 5.75 Å². The number of benzene rings is 2. The maximum Gasteiger partial charge on any atom is 0.207 e. The topological polar surface area (TPSA) is 94.5 Å². The maximum absolute atomic E-state index is 12.7. The van der Waals surface area contributed by atoms with Gasteiger partial charge in [-0.15, -0.1) is 0 Å². The fourth-order valence-electron chi connectivity index (χ4n) is 2.29. The van der Waals surface area contributed by atoms with Crippen molar-refractivity contribution in [3.05, 3.63) is 35.4 Å². The first-order valence-electron chi connectivity index (χ1n) is 6.92. The largest absolute Gasteiger partial charge is 0.507 e. The summed E-state index contributed by atoms with van der Waals surface area (Å²) in [5.74, 6) is -0.544. The van der Waals surface area contributed by atoms with Crippen molar-refractivity contribution < 1.29 is 34.0 Å². The van der Waals surface area contributed by atoms with E-state index in [9.17, 15) is 15.0 Å². The van der Waals surface area contributed by atoms with Crippen LogP contribution in [0.2, 0.25) is 0 Å². The molecule has 7 heteroatoms. The average Bonchev–Trinajstić information content (AvgIpc) is 2.60. The molecule has 0 aromatic heterocycles. The van der Waals surface area contributed by atoms with Gasteiger partial charge in [-0.05, 0) is 18.2 Å². The highest BCUT2D eigenvalue weighted by Gasteiger charge is 2.26. The number of phenolic OH excluding ortho intramolecular Hbond substituents is 2. The van der Waals surface area contributed by atoms with Gasteiger partial charge < -0.3 is 29.2 Å². The van der Waals surface area contributed by atoms with E-state index < -0.39 is 11.5 Å². The average molecular weight is 334 g/mol. The van der Waals surface area contributed by atoms with Crippen molar-refractivity contribution in [2.45, 2.75) is 0 Å². The van der Waals surface area contributed by atoms with Gasteiger partial charge in [-0.2, -0.15) is 0 Å². The van der Waals surface area contributed by atoms with Crippen molar-refractivity contribution >= 4 is 5.78 Å². The highest BCUT2D eigenvalue weighted by atomic mass is 16.5. The molecule has 0 heterocycles. The number of aromatic hydroxyl groups is 2. The molecule has 7 nitrogen and oxygen atoms in total. The van der Waals surface area contributed by atoms with Gasteiger partial charge in [0.1, 0.15) is 11.5 Å². The monoisotopic (exact) mass is 334 g/mol. The second kappa shape index (κ2) is 6.99. The van der Waals surface area contributed by atoms with Crippen molar-refractivity contribution in [3.8, 4) is 34.5 Å². The summed E-state index contributed by atoms with van der Waals surface area (Å²) >= 11 is 0. The van der Waals surface area contributed by atoms with E-state index in [1.165, 1.54) is 52.7 Å². The van der Waals surface area contributed by atoms with Crippen LogP contribution in [0.5, 0.6) is 34.5 Å². The van der Waals surface area contributed by atoms with E-state index in [-0.39, 0.29) is 34.1 Å². The third-order valence-electron chi connectivity index (χ3n) is 3.50. The molecule has 0 saturated heterocycles. The van der Waals surface area contributed by atoms with Crippen molar-refractivity contribution in [2.24, 2.45) is 0 Å². The van der Waals surface area contributed by atoms with Crippen LogP contribution in [0.15, 0.2) is 24.3 Å². The summed E-state index contributed by atoms with van der Waals surface area (Å²) in [6.07, 6.45) is 0. The quantitative estimate of drug-likeness (QED) is 0.783. The van der Waals surface area contributed by atoms with Gasteiger partial charge in [0, 0.05) is 6.07 Å². The minimum absolute atomic E-state index is 0.000345. The molecule has 0 bridgehead atoms. The van der Waals surface area contributed by atoms with Gasteiger partial charge in [0.25, 0.3) is 0 Å². The maximum atomic E-state index is 12.7. The Morgan fingerprint density at radius 1 is 0.833 bits per heavy atom. The molecule has 2 N–H and O–H groups in total. The molecule has 2 rings (SSSR count). The molecule has 0 aliphatic rings. The van der Waals surface area contributed by atoms with Gasteiger partial charge in [0.2, 0.25) is 17.3 Å². The Hall–Kier alpha value is -3.09. The van der Waals surface area contributed by atoms with Crippen molar-refractivity contribution in [1.29, 1.82) is 0 Å². The lowest BCUT2D eigenvalue weighted by Crippen LogP contribution is -2.05. The summed E-state index contributed by atoms with van der Waals surface area (Å²) in [5.41, 5.74) is -0.0923. The third-order valence-corrected chi connectivity index (χ3v) is 3.50. The smallest absolute Gasteiger partial charge is 0.207 e. The standard InChI is InChI=1S/C17H18O7/c1-21-9-5-6-10(12(18)7-9)14(19)11-8-13(22-2)16(23-3)17(24-4)15(11)20/h5-8,18,20H,1-4H3. The predicted molar refractivity (Wildman–Crippen MR) is 85.9 cm³/mol. The SMILES string of the molecule is COc1ccc(C(=O)c2cc(OC)c(OC)c(OC)c2O)c(O)c1. The molecular formula is C17H18O7. The van der Waals surface area contributed by atoms with Crippen LogP contribution < -0.4 is 18.9 Å². The van der Waals surface area contributed by atoms with Crippen molar-refractivity contribution in [1.82, 2.24) is 0 Å². The van der Waals surface area contributed by atoms with Crippen LogP contribution in [0.4, 0.5) is 0 Å². The molecule has 0 atom stereocenters. The number of hydrogen-bond donors (Lipinski definition) is 2. The second-order valence-corrected chi connectivity index (χ2v) is 4.75. The molecule has 0 radical (unpaired) electrons. The number of phenols is 2. The van der Waals surface area contributed by atoms with Crippen LogP contribution in [0.1, 0.15) is 15.9 Å². The minimum Gasteiger partial charge on any atom is -0.507 e. The van der Waals surface area contributed by atoms with Crippen LogP contribution in [0.25, 0.3) is 0 Å². The van der Waals surface area contributed by atoms with Gasteiger partial charge in [0.05, 0.1) is 39.6 Å². The molecule has 0 fully saturated rings. The molecule has 2 aromatic rings. The number of carbonyl (C=O) groups excluding carboxylic acids is 1. The molecule has 24 heavy (non-hydrogen) atoms. The van der Waals surface area contributed by atoms with E-state index in [1.807, 2.05) is 0 Å². The third kappa shape index (κ3) is 2.88. The van der Waals surface area contributed by atoms with Gasteiger partial charge in [-0.1, -0.05) is 0 Å². The zero-order valence-corrected chi connectivity index (χ0v) is 13.7. The first-order valence-corrected chi connectivity index (χ1v) is 6.92. The Morgan fingerprint density at radius 3 is 2.00 bits per heavy atom. The number of rotatable bonds is 6. The zero-order chi connectivity index (χ0) is 17.9. The van der Waals surface area contributed by atoms with Crippen LogP contribution in [-0.2, 0) is 0 Å². The van der Waals surface area contributed by atoms with E-state index in [1.54, 1.807) is 0 Å². The lowest BCUT2D eigenvalue weighted by atomic mass is 10.00. The molecular weight excluding hydrogens is 316 g/mol. The zero-order valence-electron chi connectivity index (χ0n) is 13.7. The Balaban J connectivity index is 2.61. The van der Waals surface area contributed by atoms with Crippen molar-refractivity contribution in [2.75, 3.05) is 28.4 Å². The molecule has 128 valence electrons. The fourth-order valence-corrected chi connectivity index (χ4v) is 2.29. The van der Waals surface area contributed by atoms with Gasteiger partial charge in [-0.25, -0.2) is 0 Å². The number of ether oxygens (including phenoxy) is 4. The minimum atomic E-state index is -0.605. The van der Waals surface area contributed by atoms with E-state index in [4.69, 9.17) is 18.9 Å². The molecule has 0 aliphatic carbocycles. The lowest BCUT2D eigenvalue weighted by Gasteiger charge is -2.16. The Morgan fingerprint density at radius 2 is 1.50 bits per heavy atom. The normalized spacial score (nSPS) is 10.2. The van der Waals surface area contributed by atoms with Crippen LogP contribution in [0.3, 0.4) is 0 Å². The van der Waals surface area contributed by atoms with Gasteiger partial charge in [-0.3, -0.25) is 4.79 Å². The summed E-state index contributed by atoms with van der Waals surface area (Å²) in [7, 11) is 5.56. The fraction of sp³-hybridized carbons (Fsp3) is 0.235. The van der Waals surface area contributed by atoms with E-state index in [0.717, 1.165) is 0 Å². The molecule has 0 saturated carbocycles. The van der Waals surface area contributed by atoms with E-state index >= 15 is 0 Å². The molecule has 0 amide bonds. The Labute approximate surface area is 139 Å². The van der Waals surface area contributed by atoms with Crippen LogP contribution in [-0.4, -0.2) is 44.4 Å². The first-order chi connectivity index (χ1) is 11.5. The summed E-state index contributed by atoms with van der Waals surface area (Å²) in [5, 5.41) is 20.4. The molecule has 0 spiro atoms. The first kappa shape index (κ1) is 17.3. The summed E-state index contributed by atoms with van der Waals surface area (Å²) in [6.45, 7) is 0. The second-order valence-electron chi connectivity index (χ2n) is 4.75. The Kier molecular flexibility index (Phi) is 5.03. The number of ketones is 1. The molecule has 0 unspecified atom stereocenters.